The topological polar surface area (TPSA) is 42.7 Å². The summed E-state index contributed by atoms with van der Waals surface area (Å²) in [7, 11) is 4.27. The molecule has 0 aliphatic rings. The van der Waals surface area contributed by atoms with Gasteiger partial charge in [0.25, 0.3) is 0 Å². The number of unbranched alkanes of at least 4 members (excludes halogenated alkanes) is 7. The number of ether oxygens (including phenoxy) is 1. The fourth-order valence-electron chi connectivity index (χ4n) is 3.75. The van der Waals surface area contributed by atoms with Crippen LogP contribution in [0.5, 0.6) is 5.75 Å². The van der Waals surface area contributed by atoms with E-state index in [1.165, 1.54) is 51.5 Å². The number of halogens is 1. The van der Waals surface area contributed by atoms with E-state index in [0.717, 1.165) is 17.7 Å². The van der Waals surface area contributed by atoms with Gasteiger partial charge in [0.15, 0.2) is 5.43 Å². The van der Waals surface area contributed by atoms with E-state index < -0.39 is 0 Å². The maximum atomic E-state index is 12.6. The Kier molecular flexibility index (Phi) is 11.3. The summed E-state index contributed by atoms with van der Waals surface area (Å²) in [5, 5.41) is 0.562. The number of hydrogen-bond acceptors (Lipinski definition) is 4. The molecule has 1 aromatic heterocycles. The molecule has 0 aliphatic heterocycles. The molecule has 0 spiro atoms. The van der Waals surface area contributed by atoms with Crippen LogP contribution in [0.3, 0.4) is 0 Å². The average molecular weight is 458 g/mol. The van der Waals surface area contributed by atoms with Gasteiger partial charge in [-0.15, -0.1) is 12.4 Å². The summed E-state index contributed by atoms with van der Waals surface area (Å²) >= 11 is 0. The molecule has 3 rings (SSSR count). The molecule has 5 heteroatoms. The van der Waals surface area contributed by atoms with Crippen molar-refractivity contribution in [2.75, 3.05) is 27.2 Å². The number of nitrogens with zero attached hydrogens (tertiary/aromatic N) is 1. The van der Waals surface area contributed by atoms with Crippen molar-refractivity contribution < 1.29 is 9.15 Å². The van der Waals surface area contributed by atoms with Gasteiger partial charge in [0, 0.05) is 11.6 Å². The molecule has 0 radical (unpaired) electrons. The highest BCUT2D eigenvalue weighted by Gasteiger charge is 2.08. The summed E-state index contributed by atoms with van der Waals surface area (Å²) in [6.07, 6.45) is 10.1. The van der Waals surface area contributed by atoms with Crippen LogP contribution >= 0.6 is 12.4 Å². The molecule has 0 bridgehead atoms. The molecule has 0 saturated heterocycles. The normalized spacial score (nSPS) is 11.0. The van der Waals surface area contributed by atoms with Crippen molar-refractivity contribution in [3.05, 3.63) is 64.8 Å². The minimum Gasteiger partial charge on any atom is -0.494 e. The van der Waals surface area contributed by atoms with Crippen molar-refractivity contribution >= 4 is 23.4 Å². The zero-order valence-electron chi connectivity index (χ0n) is 19.3. The Morgan fingerprint density at radius 3 is 2.16 bits per heavy atom. The lowest BCUT2D eigenvalue weighted by molar-refractivity contribution is 0.304. The van der Waals surface area contributed by atoms with Crippen LogP contribution in [0, 0.1) is 0 Å². The van der Waals surface area contributed by atoms with E-state index in [4.69, 9.17) is 9.15 Å². The van der Waals surface area contributed by atoms with Crippen molar-refractivity contribution in [3.8, 4) is 17.1 Å². The maximum Gasteiger partial charge on any atom is 0.193 e. The van der Waals surface area contributed by atoms with Crippen molar-refractivity contribution in [1.82, 2.24) is 4.90 Å². The standard InChI is InChI=1S/C27H35NO3.ClH/c1-28(2)18-12-7-5-3-4-6-8-13-19-30-23-16-17-26-24(20-23)25(29)21-27(31-26)22-14-10-9-11-15-22;/h9-11,14-17,20-21H,3-8,12-13,18-19H2,1-2H3;1H. The number of benzene rings is 2. The highest BCUT2D eigenvalue weighted by molar-refractivity contribution is 5.85. The molecule has 0 N–H and O–H groups in total. The highest BCUT2D eigenvalue weighted by atomic mass is 35.5. The summed E-state index contributed by atoms with van der Waals surface area (Å²) < 4.78 is 11.8. The first kappa shape index (κ1) is 26.0. The average Bonchev–Trinajstić information content (AvgIpc) is 2.78. The van der Waals surface area contributed by atoms with Gasteiger partial charge in [0.2, 0.25) is 0 Å². The smallest absolute Gasteiger partial charge is 0.193 e. The molecular weight excluding hydrogens is 422 g/mol. The molecule has 0 amide bonds. The lowest BCUT2D eigenvalue weighted by atomic mass is 10.1. The van der Waals surface area contributed by atoms with Crippen molar-refractivity contribution in [2.24, 2.45) is 0 Å². The number of fused-ring (bicyclic) bond motifs is 1. The first-order valence-corrected chi connectivity index (χ1v) is 11.5. The van der Waals surface area contributed by atoms with E-state index in [1.807, 2.05) is 42.5 Å². The number of hydrogen-bond donors (Lipinski definition) is 0. The highest BCUT2D eigenvalue weighted by Crippen LogP contribution is 2.24. The van der Waals surface area contributed by atoms with Gasteiger partial charge in [-0.3, -0.25) is 4.79 Å². The van der Waals surface area contributed by atoms with Gasteiger partial charge >= 0.3 is 0 Å². The molecule has 174 valence electrons. The molecule has 0 aliphatic carbocycles. The molecule has 32 heavy (non-hydrogen) atoms. The minimum atomic E-state index is -0.0452. The first-order valence-electron chi connectivity index (χ1n) is 11.5. The summed E-state index contributed by atoms with van der Waals surface area (Å²) in [6, 6.07) is 16.7. The second kappa shape index (κ2) is 14.0. The largest absolute Gasteiger partial charge is 0.494 e. The third kappa shape index (κ3) is 8.33. The van der Waals surface area contributed by atoms with Gasteiger partial charge in [0.1, 0.15) is 17.1 Å². The number of rotatable bonds is 13. The van der Waals surface area contributed by atoms with E-state index in [-0.39, 0.29) is 17.8 Å². The molecular formula is C27H36ClNO3. The lowest BCUT2D eigenvalue weighted by Crippen LogP contribution is -2.12. The van der Waals surface area contributed by atoms with Gasteiger partial charge in [-0.25, -0.2) is 0 Å². The predicted octanol–water partition coefficient (Wildman–Crippen LogP) is 6.94. The van der Waals surface area contributed by atoms with Crippen molar-refractivity contribution in [2.45, 2.75) is 51.4 Å². The van der Waals surface area contributed by atoms with Crippen molar-refractivity contribution in [3.63, 3.8) is 0 Å². The molecule has 1 heterocycles. The SMILES string of the molecule is CN(C)CCCCCCCCCCOc1ccc2oc(-c3ccccc3)cc(=O)c2c1.Cl. The Bertz CT molecular complexity index is 985. The third-order valence-corrected chi connectivity index (χ3v) is 5.53. The molecule has 0 unspecified atom stereocenters. The third-order valence-electron chi connectivity index (χ3n) is 5.53. The summed E-state index contributed by atoms with van der Waals surface area (Å²) in [5.41, 5.74) is 1.44. The second-order valence-corrected chi connectivity index (χ2v) is 8.48. The van der Waals surface area contributed by atoms with E-state index in [0.29, 0.717) is 23.3 Å². The molecule has 3 aromatic rings. The van der Waals surface area contributed by atoms with Gasteiger partial charge in [0.05, 0.1) is 12.0 Å². The fraction of sp³-hybridized carbons (Fsp3) is 0.444. The van der Waals surface area contributed by atoms with Crippen LogP contribution in [0.2, 0.25) is 0 Å². The summed E-state index contributed by atoms with van der Waals surface area (Å²) in [6.45, 7) is 1.88. The maximum absolute atomic E-state index is 12.6. The van der Waals surface area contributed by atoms with E-state index >= 15 is 0 Å². The Labute approximate surface area is 198 Å². The van der Waals surface area contributed by atoms with E-state index in [9.17, 15) is 4.79 Å². The van der Waals surface area contributed by atoms with Gasteiger partial charge in [-0.1, -0.05) is 68.9 Å². The molecule has 0 atom stereocenters. The molecule has 0 saturated carbocycles. The van der Waals surface area contributed by atoms with Gasteiger partial charge in [-0.2, -0.15) is 0 Å². The molecule has 2 aromatic carbocycles. The Morgan fingerprint density at radius 1 is 0.812 bits per heavy atom. The second-order valence-electron chi connectivity index (χ2n) is 8.48. The Balaban J connectivity index is 0.00000363. The van der Waals surface area contributed by atoms with E-state index in [1.54, 1.807) is 12.1 Å². The van der Waals surface area contributed by atoms with Crippen LogP contribution in [-0.4, -0.2) is 32.1 Å². The van der Waals surface area contributed by atoms with Crippen LogP contribution in [0.25, 0.3) is 22.3 Å². The minimum absolute atomic E-state index is 0. The Morgan fingerprint density at radius 2 is 1.47 bits per heavy atom. The summed E-state index contributed by atoms with van der Waals surface area (Å²) in [5.74, 6) is 1.32. The zero-order valence-corrected chi connectivity index (χ0v) is 20.2. The molecule has 4 nitrogen and oxygen atoms in total. The van der Waals surface area contributed by atoms with E-state index in [2.05, 4.69) is 19.0 Å². The van der Waals surface area contributed by atoms with Crippen LogP contribution in [0.1, 0.15) is 51.4 Å². The van der Waals surface area contributed by atoms with Crippen LogP contribution in [0.15, 0.2) is 63.8 Å². The zero-order chi connectivity index (χ0) is 21.9. The first-order chi connectivity index (χ1) is 15.1. The van der Waals surface area contributed by atoms with Gasteiger partial charge in [-0.05, 0) is 51.7 Å². The molecule has 0 fully saturated rings. The van der Waals surface area contributed by atoms with Crippen LogP contribution < -0.4 is 10.2 Å². The van der Waals surface area contributed by atoms with Crippen LogP contribution in [-0.2, 0) is 0 Å². The predicted molar refractivity (Wildman–Crippen MR) is 136 cm³/mol. The fourth-order valence-corrected chi connectivity index (χ4v) is 3.75. The summed E-state index contributed by atoms with van der Waals surface area (Å²) in [4.78, 5) is 14.8. The Hall–Kier alpha value is -2.30. The lowest BCUT2D eigenvalue weighted by Gasteiger charge is -2.09. The van der Waals surface area contributed by atoms with Crippen molar-refractivity contribution in [1.29, 1.82) is 0 Å². The van der Waals surface area contributed by atoms with Gasteiger partial charge < -0.3 is 14.1 Å². The van der Waals surface area contributed by atoms with Crippen LogP contribution in [0.4, 0.5) is 0 Å². The monoisotopic (exact) mass is 457 g/mol. The quantitative estimate of drug-likeness (QED) is 0.260.